The maximum absolute atomic E-state index is 14.8. The molecule has 0 radical (unpaired) electrons. The van der Waals surface area contributed by atoms with E-state index in [-0.39, 0.29) is 24.3 Å². The number of likely N-dealkylation sites (tertiary alicyclic amines) is 1. The second-order valence-corrected chi connectivity index (χ2v) is 8.64. The molecule has 2 heterocycles. The van der Waals surface area contributed by atoms with Gasteiger partial charge in [0.2, 0.25) is 0 Å². The van der Waals surface area contributed by atoms with Crippen molar-refractivity contribution in [3.8, 4) is 11.5 Å². The molecule has 1 aliphatic rings. The molecule has 1 aromatic heterocycles. The van der Waals surface area contributed by atoms with E-state index in [1.165, 1.54) is 24.5 Å². The Hall–Kier alpha value is -3.78. The van der Waals surface area contributed by atoms with E-state index in [9.17, 15) is 8.78 Å². The van der Waals surface area contributed by atoms with Gasteiger partial charge in [-0.2, -0.15) is 0 Å². The maximum Gasteiger partial charge on any atom is 0.167 e. The molecule has 6 nitrogen and oxygen atoms in total. The molecular weight excluding hydrogens is 450 g/mol. The van der Waals surface area contributed by atoms with Crippen molar-refractivity contribution in [3.05, 3.63) is 84.2 Å². The minimum Gasteiger partial charge on any atom is -0.489 e. The van der Waals surface area contributed by atoms with Crippen molar-refractivity contribution < 1.29 is 18.3 Å². The second kappa shape index (κ2) is 10.2. The van der Waals surface area contributed by atoms with Gasteiger partial charge in [-0.25, -0.2) is 18.7 Å². The van der Waals surface area contributed by atoms with Crippen LogP contribution in [0, 0.1) is 11.6 Å². The molecule has 1 aliphatic heterocycles. The number of aromatic nitrogens is 2. The van der Waals surface area contributed by atoms with Crippen LogP contribution in [-0.2, 0) is 6.61 Å². The van der Waals surface area contributed by atoms with Gasteiger partial charge in [-0.05, 0) is 50.2 Å². The lowest BCUT2D eigenvalue weighted by Gasteiger charge is -2.29. The highest BCUT2D eigenvalue weighted by Gasteiger charge is 2.20. The van der Waals surface area contributed by atoms with Crippen LogP contribution in [0.2, 0.25) is 0 Å². The Morgan fingerprint density at radius 1 is 0.943 bits per heavy atom. The van der Waals surface area contributed by atoms with Crippen molar-refractivity contribution in [1.29, 1.82) is 0 Å². The highest BCUT2D eigenvalue weighted by Crippen LogP contribution is 2.34. The molecule has 0 spiro atoms. The van der Waals surface area contributed by atoms with Crippen molar-refractivity contribution in [3.63, 3.8) is 0 Å². The van der Waals surface area contributed by atoms with Crippen LogP contribution in [0.25, 0.3) is 10.9 Å². The fourth-order valence-corrected chi connectivity index (χ4v) is 4.16. The molecule has 3 aromatic carbocycles. The zero-order chi connectivity index (χ0) is 24.2. The topological polar surface area (TPSA) is 59.5 Å². The van der Waals surface area contributed by atoms with Gasteiger partial charge in [0.25, 0.3) is 0 Å². The number of hydrogen-bond acceptors (Lipinski definition) is 6. The predicted molar refractivity (Wildman–Crippen MR) is 131 cm³/mol. The third kappa shape index (κ3) is 5.33. The average molecular weight is 477 g/mol. The Morgan fingerprint density at radius 3 is 2.57 bits per heavy atom. The number of piperidine rings is 1. The van der Waals surface area contributed by atoms with Gasteiger partial charge in [-0.15, -0.1) is 0 Å². The molecule has 0 unspecified atom stereocenters. The molecule has 4 aromatic rings. The van der Waals surface area contributed by atoms with E-state index in [0.717, 1.165) is 36.8 Å². The van der Waals surface area contributed by atoms with Gasteiger partial charge >= 0.3 is 0 Å². The average Bonchev–Trinajstić information content (AvgIpc) is 2.86. The van der Waals surface area contributed by atoms with Crippen LogP contribution in [-0.4, -0.2) is 41.1 Å². The summed E-state index contributed by atoms with van der Waals surface area (Å²) in [6, 6.07) is 16.5. The van der Waals surface area contributed by atoms with Crippen LogP contribution < -0.4 is 14.8 Å². The molecular formula is C27H26F2N4O2. The molecule has 0 saturated carbocycles. The third-order valence-corrected chi connectivity index (χ3v) is 6.12. The van der Waals surface area contributed by atoms with Gasteiger partial charge in [-0.3, -0.25) is 0 Å². The SMILES string of the molecule is CN1CCC(Oc2cccc3ncnc(Nc4ccc(OCc5ccccc5F)c(F)c4)c23)CC1. The van der Waals surface area contributed by atoms with Gasteiger partial charge in [0, 0.05) is 30.4 Å². The Balaban J connectivity index is 1.35. The highest BCUT2D eigenvalue weighted by molar-refractivity contribution is 5.95. The standard InChI is InChI=1S/C27H26F2N4O2/c1-33-13-11-20(12-14-33)35-25-8-4-7-23-26(25)27(31-17-30-23)32-19-9-10-24(22(29)15-19)34-16-18-5-2-3-6-21(18)28/h2-10,15,17,20H,11-14,16H2,1H3,(H,30,31,32). The number of fused-ring (bicyclic) bond motifs is 1. The first-order valence-corrected chi connectivity index (χ1v) is 11.6. The van der Waals surface area contributed by atoms with E-state index in [2.05, 4.69) is 27.2 Å². The second-order valence-electron chi connectivity index (χ2n) is 8.64. The van der Waals surface area contributed by atoms with Crippen molar-refractivity contribution in [2.45, 2.75) is 25.6 Å². The summed E-state index contributed by atoms with van der Waals surface area (Å²) in [5.41, 5.74) is 1.59. The van der Waals surface area contributed by atoms with Crippen LogP contribution in [0.3, 0.4) is 0 Å². The summed E-state index contributed by atoms with van der Waals surface area (Å²) in [6.07, 6.45) is 3.48. The monoisotopic (exact) mass is 476 g/mol. The Bertz CT molecular complexity index is 1320. The lowest BCUT2D eigenvalue weighted by molar-refractivity contribution is 0.116. The van der Waals surface area contributed by atoms with Crippen molar-refractivity contribution in [2.75, 3.05) is 25.5 Å². The Morgan fingerprint density at radius 2 is 1.77 bits per heavy atom. The van der Waals surface area contributed by atoms with E-state index in [0.29, 0.717) is 22.8 Å². The summed E-state index contributed by atoms with van der Waals surface area (Å²) in [5, 5.41) is 3.93. The number of nitrogens with zero attached hydrogens (tertiary/aromatic N) is 3. The normalized spacial score (nSPS) is 14.7. The van der Waals surface area contributed by atoms with Gasteiger partial charge in [0.05, 0.1) is 10.9 Å². The first-order valence-electron chi connectivity index (χ1n) is 11.6. The van der Waals surface area contributed by atoms with E-state index in [1.54, 1.807) is 24.3 Å². The molecule has 5 rings (SSSR count). The largest absolute Gasteiger partial charge is 0.489 e. The van der Waals surface area contributed by atoms with E-state index >= 15 is 0 Å². The Kier molecular flexibility index (Phi) is 6.72. The molecule has 0 aliphatic carbocycles. The number of nitrogens with one attached hydrogen (secondary N) is 1. The van der Waals surface area contributed by atoms with Gasteiger partial charge in [0.1, 0.15) is 36.4 Å². The fourth-order valence-electron chi connectivity index (χ4n) is 4.16. The van der Waals surface area contributed by atoms with Crippen LogP contribution in [0.15, 0.2) is 67.0 Å². The molecule has 0 bridgehead atoms. The summed E-state index contributed by atoms with van der Waals surface area (Å²) in [4.78, 5) is 11.1. The van der Waals surface area contributed by atoms with Gasteiger partial charge in [-0.1, -0.05) is 24.3 Å². The number of ether oxygens (including phenoxy) is 2. The molecule has 35 heavy (non-hydrogen) atoms. The zero-order valence-electron chi connectivity index (χ0n) is 19.4. The molecule has 1 saturated heterocycles. The van der Waals surface area contributed by atoms with E-state index < -0.39 is 5.82 Å². The summed E-state index contributed by atoms with van der Waals surface area (Å²) >= 11 is 0. The van der Waals surface area contributed by atoms with E-state index in [1.807, 2.05) is 18.2 Å². The summed E-state index contributed by atoms with van der Waals surface area (Å²) in [7, 11) is 2.11. The molecule has 180 valence electrons. The highest BCUT2D eigenvalue weighted by atomic mass is 19.1. The van der Waals surface area contributed by atoms with Gasteiger partial charge < -0.3 is 19.7 Å². The molecule has 0 atom stereocenters. The van der Waals surface area contributed by atoms with E-state index in [4.69, 9.17) is 9.47 Å². The van der Waals surface area contributed by atoms with Crippen LogP contribution in [0.4, 0.5) is 20.3 Å². The van der Waals surface area contributed by atoms with Crippen molar-refractivity contribution in [2.24, 2.45) is 0 Å². The zero-order valence-corrected chi connectivity index (χ0v) is 19.4. The van der Waals surface area contributed by atoms with Crippen molar-refractivity contribution in [1.82, 2.24) is 14.9 Å². The Labute approximate surface area is 202 Å². The third-order valence-electron chi connectivity index (χ3n) is 6.12. The molecule has 1 fully saturated rings. The fraction of sp³-hybridized carbons (Fsp3) is 0.259. The molecule has 8 heteroatoms. The van der Waals surface area contributed by atoms with Crippen LogP contribution in [0.1, 0.15) is 18.4 Å². The minimum absolute atomic E-state index is 0.0395. The number of hydrogen-bond donors (Lipinski definition) is 1. The quantitative estimate of drug-likeness (QED) is 0.369. The first kappa shape index (κ1) is 23.0. The predicted octanol–water partition coefficient (Wildman–Crippen LogP) is 5.70. The minimum atomic E-state index is -0.563. The molecule has 1 N–H and O–H groups in total. The summed E-state index contributed by atoms with van der Waals surface area (Å²) in [5.74, 6) is 0.314. The number of rotatable bonds is 7. The van der Waals surface area contributed by atoms with Crippen LogP contribution in [0.5, 0.6) is 11.5 Å². The lowest BCUT2D eigenvalue weighted by atomic mass is 10.1. The summed E-state index contributed by atoms with van der Waals surface area (Å²) < 4.78 is 40.4. The smallest absolute Gasteiger partial charge is 0.167 e. The number of halogens is 2. The number of benzene rings is 3. The maximum atomic E-state index is 14.8. The summed E-state index contributed by atoms with van der Waals surface area (Å²) in [6.45, 7) is 1.91. The first-order chi connectivity index (χ1) is 17.1. The lowest BCUT2D eigenvalue weighted by Crippen LogP contribution is -2.35. The number of anilines is 2. The van der Waals surface area contributed by atoms with Crippen LogP contribution >= 0.6 is 0 Å². The van der Waals surface area contributed by atoms with Gasteiger partial charge in [0.15, 0.2) is 11.6 Å². The van der Waals surface area contributed by atoms with Crippen molar-refractivity contribution >= 4 is 22.4 Å². The molecule has 0 amide bonds.